The predicted octanol–water partition coefficient (Wildman–Crippen LogP) is 2.79. The van der Waals surface area contributed by atoms with Gasteiger partial charge in [-0.1, -0.05) is 24.9 Å². The number of pyridine rings is 1. The number of aromatic amines is 1. The van der Waals surface area contributed by atoms with Gasteiger partial charge in [0.05, 0.1) is 11.6 Å². The van der Waals surface area contributed by atoms with Crippen molar-refractivity contribution in [1.29, 1.82) is 5.26 Å². The Morgan fingerprint density at radius 2 is 2.20 bits per heavy atom. The van der Waals surface area contributed by atoms with E-state index < -0.39 is 0 Å². The average Bonchev–Trinajstić information content (AvgIpc) is 2.37. The first kappa shape index (κ1) is 14.6. The normalized spacial score (nSPS) is 10.2. The van der Waals surface area contributed by atoms with Gasteiger partial charge in [-0.25, -0.2) is 9.97 Å². The summed E-state index contributed by atoms with van der Waals surface area (Å²) in [4.78, 5) is 22.6. The van der Waals surface area contributed by atoms with E-state index >= 15 is 0 Å². The summed E-state index contributed by atoms with van der Waals surface area (Å²) in [5, 5.41) is 10.1. The van der Waals surface area contributed by atoms with Crippen LogP contribution in [-0.4, -0.2) is 15.0 Å². The molecule has 7 heteroatoms. The van der Waals surface area contributed by atoms with Crippen LogP contribution in [0.1, 0.15) is 24.6 Å². The molecule has 1 N–H and O–H groups in total. The minimum Gasteiger partial charge on any atom is -0.301 e. The molecule has 0 amide bonds. The Labute approximate surface area is 125 Å². The molecule has 0 radical (unpaired) electrons. The lowest BCUT2D eigenvalue weighted by atomic mass is 10.2. The molecule has 0 bridgehead atoms. The van der Waals surface area contributed by atoms with Gasteiger partial charge in [0.25, 0.3) is 5.56 Å². The third-order valence-electron chi connectivity index (χ3n) is 2.38. The second-order valence-electron chi connectivity index (χ2n) is 4.02. The number of nitrogens with zero attached hydrogens (tertiary/aromatic N) is 3. The van der Waals surface area contributed by atoms with Crippen LogP contribution in [0.15, 0.2) is 33.2 Å². The van der Waals surface area contributed by atoms with Crippen LogP contribution in [0.5, 0.6) is 0 Å². The maximum absolute atomic E-state index is 11.6. The molecule has 5 nitrogen and oxygen atoms in total. The van der Waals surface area contributed by atoms with Gasteiger partial charge in [-0.3, -0.25) is 4.79 Å². The Morgan fingerprint density at radius 3 is 2.90 bits per heavy atom. The van der Waals surface area contributed by atoms with E-state index in [9.17, 15) is 4.79 Å². The summed E-state index contributed by atoms with van der Waals surface area (Å²) < 4.78 is 0. The van der Waals surface area contributed by atoms with Gasteiger partial charge in [0.1, 0.15) is 10.2 Å². The number of aromatic nitrogens is 3. The van der Waals surface area contributed by atoms with Crippen molar-refractivity contribution in [1.82, 2.24) is 15.0 Å². The fourth-order valence-electron chi connectivity index (χ4n) is 1.60. The minimum absolute atomic E-state index is 0.200. The maximum Gasteiger partial charge on any atom is 0.251 e. The van der Waals surface area contributed by atoms with Crippen LogP contribution >= 0.6 is 23.4 Å². The second kappa shape index (κ2) is 6.55. The monoisotopic (exact) mass is 306 g/mol. The summed E-state index contributed by atoms with van der Waals surface area (Å²) in [6.07, 6.45) is 1.65. The fourth-order valence-corrected chi connectivity index (χ4v) is 2.71. The molecule has 2 rings (SSSR count). The molecule has 0 aromatic carbocycles. The zero-order valence-electron chi connectivity index (χ0n) is 10.7. The fraction of sp³-hybridized carbons (Fsp3) is 0.231. The second-order valence-corrected chi connectivity index (χ2v) is 5.42. The van der Waals surface area contributed by atoms with Crippen molar-refractivity contribution in [3.05, 3.63) is 45.0 Å². The van der Waals surface area contributed by atoms with Gasteiger partial charge in [-0.2, -0.15) is 5.26 Å². The largest absolute Gasteiger partial charge is 0.301 e. The van der Waals surface area contributed by atoms with Gasteiger partial charge >= 0.3 is 0 Å². The maximum atomic E-state index is 11.6. The number of hydrogen-bond acceptors (Lipinski definition) is 5. The summed E-state index contributed by atoms with van der Waals surface area (Å²) in [7, 11) is 0. The number of nitrogens with one attached hydrogen (secondary N) is 1. The molecular weight excluding hydrogens is 296 g/mol. The number of nitriles is 1. The molecule has 0 saturated heterocycles. The average molecular weight is 307 g/mol. The first-order valence-electron chi connectivity index (χ1n) is 5.96. The Bertz CT molecular complexity index is 723. The highest BCUT2D eigenvalue weighted by Gasteiger charge is 2.07. The molecule has 0 aliphatic rings. The van der Waals surface area contributed by atoms with Gasteiger partial charge in [0.15, 0.2) is 5.16 Å². The van der Waals surface area contributed by atoms with Gasteiger partial charge in [-0.05, 0) is 30.3 Å². The molecule has 0 aliphatic heterocycles. The summed E-state index contributed by atoms with van der Waals surface area (Å²) >= 11 is 7.01. The number of H-pyrrole nitrogens is 1. The summed E-state index contributed by atoms with van der Waals surface area (Å²) in [5.41, 5.74) is 0.953. The van der Waals surface area contributed by atoms with Crippen molar-refractivity contribution in [3.8, 4) is 6.07 Å². The SMILES string of the molecule is CCCc1cc(=O)[nH]c(Sc2cc(C#N)cc(Cl)n2)n1. The van der Waals surface area contributed by atoms with Crippen LogP contribution in [0, 0.1) is 11.3 Å². The number of halogens is 1. The quantitative estimate of drug-likeness (QED) is 0.693. The van der Waals surface area contributed by atoms with Crippen LogP contribution in [0.3, 0.4) is 0 Å². The molecule has 0 saturated carbocycles. The zero-order chi connectivity index (χ0) is 14.5. The van der Waals surface area contributed by atoms with E-state index in [0.29, 0.717) is 15.7 Å². The summed E-state index contributed by atoms with van der Waals surface area (Å²) in [6, 6.07) is 6.57. The van der Waals surface area contributed by atoms with E-state index in [1.54, 1.807) is 6.07 Å². The van der Waals surface area contributed by atoms with Crippen molar-refractivity contribution < 1.29 is 0 Å². The third-order valence-corrected chi connectivity index (χ3v) is 3.38. The molecular formula is C13H11ClN4OS. The molecule has 0 atom stereocenters. The van der Waals surface area contributed by atoms with E-state index in [0.717, 1.165) is 18.5 Å². The summed E-state index contributed by atoms with van der Waals surface area (Å²) in [5.74, 6) is 0. The highest BCUT2D eigenvalue weighted by molar-refractivity contribution is 7.99. The molecule has 2 aromatic rings. The van der Waals surface area contributed by atoms with Crippen LogP contribution in [-0.2, 0) is 6.42 Å². The lowest BCUT2D eigenvalue weighted by Gasteiger charge is -2.03. The Balaban J connectivity index is 2.32. The van der Waals surface area contributed by atoms with Crippen LogP contribution in [0.2, 0.25) is 5.15 Å². The van der Waals surface area contributed by atoms with Crippen LogP contribution < -0.4 is 5.56 Å². The highest BCUT2D eigenvalue weighted by Crippen LogP contribution is 2.24. The van der Waals surface area contributed by atoms with E-state index in [1.165, 1.54) is 23.9 Å². The van der Waals surface area contributed by atoms with Crippen molar-refractivity contribution in [3.63, 3.8) is 0 Å². The Hall–Kier alpha value is -1.84. The van der Waals surface area contributed by atoms with E-state index in [1.807, 2.05) is 13.0 Å². The lowest BCUT2D eigenvalue weighted by molar-refractivity contribution is 0.815. The third kappa shape index (κ3) is 3.83. The van der Waals surface area contributed by atoms with Crippen LogP contribution in [0.4, 0.5) is 0 Å². The smallest absolute Gasteiger partial charge is 0.251 e. The summed E-state index contributed by atoms with van der Waals surface area (Å²) in [6.45, 7) is 2.02. The number of rotatable bonds is 4. The van der Waals surface area contributed by atoms with Crippen molar-refractivity contribution in [2.24, 2.45) is 0 Å². The number of aryl methyl sites for hydroxylation is 1. The number of hydrogen-bond donors (Lipinski definition) is 1. The van der Waals surface area contributed by atoms with Crippen LogP contribution in [0.25, 0.3) is 0 Å². The zero-order valence-corrected chi connectivity index (χ0v) is 12.3. The molecule has 2 heterocycles. The first-order chi connectivity index (χ1) is 9.60. The molecule has 102 valence electrons. The van der Waals surface area contributed by atoms with Gasteiger partial charge < -0.3 is 4.98 Å². The van der Waals surface area contributed by atoms with Gasteiger partial charge in [-0.15, -0.1) is 0 Å². The molecule has 2 aromatic heterocycles. The minimum atomic E-state index is -0.200. The predicted molar refractivity (Wildman–Crippen MR) is 76.9 cm³/mol. The van der Waals surface area contributed by atoms with E-state index in [2.05, 4.69) is 15.0 Å². The lowest BCUT2D eigenvalue weighted by Crippen LogP contribution is -2.09. The molecule has 0 aliphatic carbocycles. The van der Waals surface area contributed by atoms with Crippen molar-refractivity contribution in [2.45, 2.75) is 29.9 Å². The van der Waals surface area contributed by atoms with E-state index in [4.69, 9.17) is 16.9 Å². The molecule has 0 spiro atoms. The Morgan fingerprint density at radius 1 is 1.40 bits per heavy atom. The molecule has 0 unspecified atom stereocenters. The highest BCUT2D eigenvalue weighted by atomic mass is 35.5. The van der Waals surface area contributed by atoms with E-state index in [-0.39, 0.29) is 10.7 Å². The molecule has 20 heavy (non-hydrogen) atoms. The first-order valence-corrected chi connectivity index (χ1v) is 7.16. The van der Waals surface area contributed by atoms with Crippen molar-refractivity contribution >= 4 is 23.4 Å². The Kier molecular flexibility index (Phi) is 4.77. The topological polar surface area (TPSA) is 82.4 Å². The van der Waals surface area contributed by atoms with Gasteiger partial charge in [0, 0.05) is 11.8 Å². The molecule has 0 fully saturated rings. The standard InChI is InChI=1S/C13H11ClN4OS/c1-2-3-9-6-11(19)18-13(16-9)20-12-5-8(7-15)4-10(14)17-12/h4-6H,2-3H2,1H3,(H,16,18,19). The van der Waals surface area contributed by atoms with Crippen molar-refractivity contribution in [2.75, 3.05) is 0 Å². The van der Waals surface area contributed by atoms with Gasteiger partial charge in [0.2, 0.25) is 0 Å².